The maximum atomic E-state index is 11.2. The van der Waals surface area contributed by atoms with E-state index in [0.717, 1.165) is 0 Å². The van der Waals surface area contributed by atoms with E-state index in [1.54, 1.807) is 0 Å². The minimum absolute atomic E-state index is 0.000313. The Morgan fingerprint density at radius 1 is 1.19 bits per heavy atom. The second kappa shape index (κ2) is 5.96. The van der Waals surface area contributed by atoms with E-state index in [0.29, 0.717) is 38.9 Å². The Bertz CT molecular complexity index is 255. The van der Waals surface area contributed by atoms with Crippen LogP contribution in [0.15, 0.2) is 0 Å². The highest BCUT2D eigenvalue weighted by molar-refractivity contribution is 5.78. The standard InChI is InChI=1S/C11H18O5/c1-2-9(12)3-5-11(6-4-10(13)14)15-7-8-16-11/h2-8H2,1H3,(H,13,14). The fraction of sp³-hybridized carbons (Fsp3) is 0.818. The molecule has 1 fully saturated rings. The molecule has 0 aromatic rings. The Morgan fingerprint density at radius 2 is 1.75 bits per heavy atom. The number of hydrogen-bond acceptors (Lipinski definition) is 4. The Kier molecular flexibility index (Phi) is 4.89. The van der Waals surface area contributed by atoms with E-state index in [1.807, 2.05) is 6.92 Å². The SMILES string of the molecule is CCC(=O)CCC1(CCC(=O)O)OCCO1. The molecule has 0 amide bonds. The summed E-state index contributed by atoms with van der Waals surface area (Å²) in [4.78, 5) is 21.7. The van der Waals surface area contributed by atoms with Crippen molar-refractivity contribution in [3.05, 3.63) is 0 Å². The molecular weight excluding hydrogens is 212 g/mol. The maximum Gasteiger partial charge on any atom is 0.303 e. The third kappa shape index (κ3) is 3.90. The highest BCUT2D eigenvalue weighted by atomic mass is 16.7. The van der Waals surface area contributed by atoms with E-state index in [-0.39, 0.29) is 12.2 Å². The average Bonchev–Trinajstić information content (AvgIpc) is 2.72. The van der Waals surface area contributed by atoms with Gasteiger partial charge < -0.3 is 14.6 Å². The number of carboxylic acid groups (broad SMARTS) is 1. The minimum Gasteiger partial charge on any atom is -0.481 e. The van der Waals surface area contributed by atoms with Crippen molar-refractivity contribution in [1.82, 2.24) is 0 Å². The second-order valence-electron chi connectivity index (χ2n) is 3.89. The number of rotatable bonds is 7. The average molecular weight is 230 g/mol. The van der Waals surface area contributed by atoms with Crippen molar-refractivity contribution in [3.63, 3.8) is 0 Å². The summed E-state index contributed by atoms with van der Waals surface area (Å²) >= 11 is 0. The Labute approximate surface area is 94.7 Å². The van der Waals surface area contributed by atoms with E-state index < -0.39 is 11.8 Å². The lowest BCUT2D eigenvalue weighted by Gasteiger charge is -2.26. The van der Waals surface area contributed by atoms with Gasteiger partial charge in [-0.15, -0.1) is 0 Å². The number of carboxylic acids is 1. The number of aliphatic carboxylic acids is 1. The van der Waals surface area contributed by atoms with Crippen LogP contribution in [0.5, 0.6) is 0 Å². The van der Waals surface area contributed by atoms with Gasteiger partial charge in [0, 0.05) is 25.7 Å². The van der Waals surface area contributed by atoms with Crippen molar-refractivity contribution in [2.75, 3.05) is 13.2 Å². The Morgan fingerprint density at radius 3 is 2.25 bits per heavy atom. The minimum atomic E-state index is -0.875. The Hall–Kier alpha value is -0.940. The molecule has 16 heavy (non-hydrogen) atoms. The molecule has 0 radical (unpaired) electrons. The van der Waals surface area contributed by atoms with Crippen molar-refractivity contribution in [2.45, 2.75) is 44.8 Å². The van der Waals surface area contributed by atoms with E-state index in [9.17, 15) is 9.59 Å². The molecule has 1 aliphatic heterocycles. The van der Waals surface area contributed by atoms with E-state index >= 15 is 0 Å². The zero-order chi connectivity index (χ0) is 12.0. The van der Waals surface area contributed by atoms with Gasteiger partial charge in [-0.3, -0.25) is 9.59 Å². The van der Waals surface area contributed by atoms with E-state index in [4.69, 9.17) is 14.6 Å². The van der Waals surface area contributed by atoms with Crippen molar-refractivity contribution < 1.29 is 24.2 Å². The lowest BCUT2D eigenvalue weighted by molar-refractivity contribution is -0.174. The summed E-state index contributed by atoms with van der Waals surface area (Å²) in [5, 5.41) is 8.63. The molecular formula is C11H18O5. The molecule has 0 aliphatic carbocycles. The Balaban J connectivity index is 2.45. The maximum absolute atomic E-state index is 11.2. The second-order valence-corrected chi connectivity index (χ2v) is 3.89. The van der Waals surface area contributed by atoms with Crippen LogP contribution in [0.4, 0.5) is 0 Å². The first-order valence-corrected chi connectivity index (χ1v) is 5.59. The molecule has 1 aliphatic rings. The number of ketones is 1. The van der Waals surface area contributed by atoms with Crippen LogP contribution in [0.1, 0.15) is 39.0 Å². The summed E-state index contributed by atoms with van der Waals surface area (Å²) in [5.74, 6) is -1.57. The number of ether oxygens (including phenoxy) is 2. The molecule has 0 unspecified atom stereocenters. The summed E-state index contributed by atoms with van der Waals surface area (Å²) < 4.78 is 10.9. The monoisotopic (exact) mass is 230 g/mol. The van der Waals surface area contributed by atoms with Crippen molar-refractivity contribution in [3.8, 4) is 0 Å². The summed E-state index contributed by atoms with van der Waals surface area (Å²) in [6.07, 6.45) is 1.64. The lowest BCUT2D eigenvalue weighted by Crippen LogP contribution is -2.31. The van der Waals surface area contributed by atoms with Crippen LogP contribution in [0.25, 0.3) is 0 Å². The van der Waals surface area contributed by atoms with Gasteiger partial charge in [-0.05, 0) is 0 Å². The van der Waals surface area contributed by atoms with Gasteiger partial charge in [-0.2, -0.15) is 0 Å². The summed E-state index contributed by atoms with van der Waals surface area (Å²) in [6.45, 7) is 2.75. The largest absolute Gasteiger partial charge is 0.481 e. The zero-order valence-electron chi connectivity index (χ0n) is 9.53. The molecule has 0 spiro atoms. The first-order chi connectivity index (χ1) is 7.58. The first-order valence-electron chi connectivity index (χ1n) is 5.59. The van der Waals surface area contributed by atoms with Crippen molar-refractivity contribution in [2.24, 2.45) is 0 Å². The molecule has 1 rings (SSSR count). The topological polar surface area (TPSA) is 72.8 Å². The van der Waals surface area contributed by atoms with Gasteiger partial charge in [-0.25, -0.2) is 0 Å². The van der Waals surface area contributed by atoms with Gasteiger partial charge in [0.2, 0.25) is 0 Å². The van der Waals surface area contributed by atoms with Gasteiger partial charge in [-0.1, -0.05) is 6.92 Å². The van der Waals surface area contributed by atoms with E-state index in [2.05, 4.69) is 0 Å². The van der Waals surface area contributed by atoms with Gasteiger partial charge >= 0.3 is 5.97 Å². The molecule has 0 saturated carbocycles. The van der Waals surface area contributed by atoms with Crippen LogP contribution in [0.3, 0.4) is 0 Å². The predicted octanol–water partition coefficient (Wildman–Crippen LogP) is 1.35. The van der Waals surface area contributed by atoms with Crippen molar-refractivity contribution in [1.29, 1.82) is 0 Å². The van der Waals surface area contributed by atoms with Crippen LogP contribution < -0.4 is 0 Å². The predicted molar refractivity (Wildman–Crippen MR) is 56.0 cm³/mol. The number of hydrogen-bond donors (Lipinski definition) is 1. The normalized spacial score (nSPS) is 18.6. The third-order valence-corrected chi connectivity index (χ3v) is 2.71. The zero-order valence-corrected chi connectivity index (χ0v) is 9.53. The fourth-order valence-electron chi connectivity index (χ4n) is 1.71. The fourth-order valence-corrected chi connectivity index (χ4v) is 1.71. The highest BCUT2D eigenvalue weighted by Crippen LogP contribution is 2.30. The molecule has 5 heteroatoms. The molecule has 0 atom stereocenters. The van der Waals surface area contributed by atoms with E-state index in [1.165, 1.54) is 0 Å². The van der Waals surface area contributed by atoms with Gasteiger partial charge in [0.15, 0.2) is 5.79 Å². The van der Waals surface area contributed by atoms with Crippen LogP contribution in [0, 0.1) is 0 Å². The highest BCUT2D eigenvalue weighted by Gasteiger charge is 2.36. The molecule has 1 heterocycles. The van der Waals surface area contributed by atoms with Crippen molar-refractivity contribution >= 4 is 11.8 Å². The smallest absolute Gasteiger partial charge is 0.303 e. The molecule has 0 aromatic heterocycles. The number of carbonyl (C=O) groups excluding carboxylic acids is 1. The molecule has 1 N–H and O–H groups in total. The summed E-state index contributed by atoms with van der Waals surface area (Å²) in [5.41, 5.74) is 0. The molecule has 0 aromatic carbocycles. The molecule has 0 bridgehead atoms. The quantitative estimate of drug-likeness (QED) is 0.714. The van der Waals surface area contributed by atoms with Gasteiger partial charge in [0.05, 0.1) is 19.6 Å². The van der Waals surface area contributed by atoms with Crippen LogP contribution in [-0.2, 0) is 19.1 Å². The van der Waals surface area contributed by atoms with Crippen LogP contribution in [0.2, 0.25) is 0 Å². The van der Waals surface area contributed by atoms with Gasteiger partial charge in [0.25, 0.3) is 0 Å². The summed E-state index contributed by atoms with van der Waals surface area (Å²) in [7, 11) is 0. The molecule has 5 nitrogen and oxygen atoms in total. The molecule has 92 valence electrons. The third-order valence-electron chi connectivity index (χ3n) is 2.71. The number of Topliss-reactive ketones (excluding diaryl/α,β-unsaturated/α-hetero) is 1. The van der Waals surface area contributed by atoms with Crippen LogP contribution >= 0.6 is 0 Å². The lowest BCUT2D eigenvalue weighted by atomic mass is 10.0. The first kappa shape index (κ1) is 13.1. The van der Waals surface area contributed by atoms with Crippen LogP contribution in [-0.4, -0.2) is 35.9 Å². The molecule has 1 saturated heterocycles. The van der Waals surface area contributed by atoms with Gasteiger partial charge in [0.1, 0.15) is 5.78 Å². The summed E-state index contributed by atoms with van der Waals surface area (Å²) in [6, 6.07) is 0. The number of carbonyl (C=O) groups is 2.